The van der Waals surface area contributed by atoms with Gasteiger partial charge in [-0.2, -0.15) is 0 Å². The Balaban J connectivity index is 0.00000280. The minimum atomic E-state index is 0. The van der Waals surface area contributed by atoms with Gasteiger partial charge in [0.25, 0.3) is 0 Å². The molecule has 2 unspecified atom stereocenters. The molecule has 8 heteroatoms. The summed E-state index contributed by atoms with van der Waals surface area (Å²) in [5, 5.41) is 3.49. The predicted molar refractivity (Wildman–Crippen MR) is 125 cm³/mol. The number of hydrogen-bond acceptors (Lipinski definition) is 5. The lowest BCUT2D eigenvalue weighted by molar-refractivity contribution is -0.0367. The fraction of sp³-hybridized carbons (Fsp3) is 0.950. The second-order valence-corrected chi connectivity index (χ2v) is 8.25. The molecule has 164 valence electrons. The lowest BCUT2D eigenvalue weighted by Crippen LogP contribution is -2.52. The van der Waals surface area contributed by atoms with E-state index >= 15 is 0 Å². The van der Waals surface area contributed by atoms with Gasteiger partial charge in [0.2, 0.25) is 0 Å². The quantitative estimate of drug-likeness (QED) is 0.333. The van der Waals surface area contributed by atoms with Crippen LogP contribution in [0.4, 0.5) is 0 Å². The summed E-state index contributed by atoms with van der Waals surface area (Å²) in [5.41, 5.74) is 0. The van der Waals surface area contributed by atoms with Crippen LogP contribution in [0.15, 0.2) is 4.99 Å². The molecule has 0 aromatic rings. The van der Waals surface area contributed by atoms with E-state index in [0.717, 1.165) is 84.2 Å². The Morgan fingerprint density at radius 3 is 2.61 bits per heavy atom. The highest BCUT2D eigenvalue weighted by Crippen LogP contribution is 2.18. The summed E-state index contributed by atoms with van der Waals surface area (Å²) in [7, 11) is 4.42. The van der Waals surface area contributed by atoms with Crippen molar-refractivity contribution in [1.82, 2.24) is 20.0 Å². The van der Waals surface area contributed by atoms with Gasteiger partial charge in [-0.25, -0.2) is 0 Å². The van der Waals surface area contributed by atoms with E-state index in [4.69, 9.17) is 14.5 Å². The molecule has 0 saturated carbocycles. The average Bonchev–Trinajstić information content (AvgIpc) is 3.20. The molecule has 0 amide bonds. The molecule has 0 radical (unpaired) electrons. The number of ether oxygens (including phenoxy) is 2. The number of likely N-dealkylation sites (tertiary alicyclic amines) is 1. The van der Waals surface area contributed by atoms with E-state index in [-0.39, 0.29) is 24.0 Å². The van der Waals surface area contributed by atoms with Crippen LogP contribution in [0.1, 0.15) is 32.6 Å². The molecular formula is C20H40IN5O2. The Morgan fingerprint density at radius 1 is 1.14 bits per heavy atom. The van der Waals surface area contributed by atoms with Crippen molar-refractivity contribution < 1.29 is 9.47 Å². The van der Waals surface area contributed by atoms with Gasteiger partial charge in [0.05, 0.1) is 25.4 Å². The Hall–Kier alpha value is -0.160. The highest BCUT2D eigenvalue weighted by molar-refractivity contribution is 14.0. The summed E-state index contributed by atoms with van der Waals surface area (Å²) in [6.45, 7) is 11.0. The van der Waals surface area contributed by atoms with Crippen molar-refractivity contribution >= 4 is 29.9 Å². The number of piperidine rings is 1. The number of guanidine groups is 1. The molecular weight excluding hydrogens is 469 g/mol. The number of halogens is 1. The van der Waals surface area contributed by atoms with E-state index in [1.165, 1.54) is 6.42 Å². The zero-order chi connectivity index (χ0) is 19.1. The van der Waals surface area contributed by atoms with Gasteiger partial charge in [-0.3, -0.25) is 9.89 Å². The zero-order valence-electron chi connectivity index (χ0n) is 17.9. The Bertz CT molecular complexity index is 468. The maximum atomic E-state index is 6.11. The minimum absolute atomic E-state index is 0. The average molecular weight is 509 g/mol. The summed E-state index contributed by atoms with van der Waals surface area (Å²) in [6, 6.07) is 0.504. The number of rotatable bonds is 6. The molecule has 7 nitrogen and oxygen atoms in total. The van der Waals surface area contributed by atoms with Crippen LogP contribution in [0.2, 0.25) is 0 Å². The van der Waals surface area contributed by atoms with E-state index in [1.54, 1.807) is 0 Å². The molecule has 28 heavy (non-hydrogen) atoms. The molecule has 0 aromatic carbocycles. The number of hydrogen-bond donors (Lipinski definition) is 1. The van der Waals surface area contributed by atoms with Crippen molar-refractivity contribution in [3.8, 4) is 0 Å². The van der Waals surface area contributed by atoms with Crippen LogP contribution in [0.3, 0.4) is 0 Å². The van der Waals surface area contributed by atoms with Crippen molar-refractivity contribution in [2.24, 2.45) is 4.99 Å². The molecule has 3 aliphatic heterocycles. The topological polar surface area (TPSA) is 52.6 Å². The minimum Gasteiger partial charge on any atom is -0.376 e. The first-order valence-corrected chi connectivity index (χ1v) is 10.8. The van der Waals surface area contributed by atoms with E-state index in [9.17, 15) is 0 Å². The van der Waals surface area contributed by atoms with Crippen molar-refractivity contribution in [3.63, 3.8) is 0 Å². The first kappa shape index (κ1) is 24.1. The summed E-state index contributed by atoms with van der Waals surface area (Å²) < 4.78 is 11.8. The third-order valence-electron chi connectivity index (χ3n) is 6.05. The fourth-order valence-electron chi connectivity index (χ4n) is 4.17. The predicted octanol–water partition coefficient (Wildman–Crippen LogP) is 1.48. The summed E-state index contributed by atoms with van der Waals surface area (Å²) in [4.78, 5) is 12.2. The number of aliphatic imine (C=N–C) groups is 1. The highest BCUT2D eigenvalue weighted by atomic mass is 127. The standard InChI is InChI=1S/C20H39N5O2.HI/c1-4-21-20(22-14-17-15-23(2)11-12-24(17)3)25-9-7-18(8-10-25)27-16-19-6-5-13-26-19;/h17-19H,4-16H2,1-3H3,(H,21,22);1H. The number of piperazine rings is 1. The molecule has 3 heterocycles. The van der Waals surface area contributed by atoms with Gasteiger partial charge < -0.3 is 24.6 Å². The van der Waals surface area contributed by atoms with Crippen molar-refractivity contribution in [3.05, 3.63) is 0 Å². The van der Waals surface area contributed by atoms with E-state index in [1.807, 2.05) is 0 Å². The van der Waals surface area contributed by atoms with Gasteiger partial charge in [0.15, 0.2) is 5.96 Å². The summed E-state index contributed by atoms with van der Waals surface area (Å²) >= 11 is 0. The number of nitrogens with one attached hydrogen (secondary N) is 1. The van der Waals surface area contributed by atoms with Crippen molar-refractivity contribution in [2.75, 3.05) is 73.1 Å². The maximum absolute atomic E-state index is 6.11. The second kappa shape index (κ2) is 12.5. The van der Waals surface area contributed by atoms with Crippen molar-refractivity contribution in [2.45, 2.75) is 50.9 Å². The molecule has 0 bridgehead atoms. The molecule has 3 saturated heterocycles. The van der Waals surface area contributed by atoms with Crippen LogP contribution in [0.25, 0.3) is 0 Å². The third-order valence-corrected chi connectivity index (χ3v) is 6.05. The lowest BCUT2D eigenvalue weighted by atomic mass is 10.1. The molecule has 2 atom stereocenters. The van der Waals surface area contributed by atoms with Crippen molar-refractivity contribution in [1.29, 1.82) is 0 Å². The van der Waals surface area contributed by atoms with E-state index in [2.05, 4.69) is 41.0 Å². The summed E-state index contributed by atoms with van der Waals surface area (Å²) in [5.74, 6) is 1.07. The van der Waals surface area contributed by atoms with Gasteiger partial charge in [0.1, 0.15) is 0 Å². The van der Waals surface area contributed by atoms with Crippen LogP contribution < -0.4 is 5.32 Å². The molecule has 3 aliphatic rings. The molecule has 0 spiro atoms. The number of likely N-dealkylation sites (N-methyl/N-ethyl adjacent to an activating group) is 2. The highest BCUT2D eigenvalue weighted by Gasteiger charge is 2.25. The SMILES string of the molecule is CCNC(=NCC1CN(C)CCN1C)N1CCC(OCC2CCCO2)CC1.I. The van der Waals surface area contributed by atoms with E-state index < -0.39 is 0 Å². The lowest BCUT2D eigenvalue weighted by Gasteiger charge is -2.38. The van der Waals surface area contributed by atoms with Gasteiger partial charge in [0, 0.05) is 51.9 Å². The monoisotopic (exact) mass is 509 g/mol. The largest absolute Gasteiger partial charge is 0.376 e. The van der Waals surface area contributed by atoms with E-state index in [0.29, 0.717) is 18.2 Å². The summed E-state index contributed by atoms with van der Waals surface area (Å²) in [6.07, 6.45) is 5.17. The number of nitrogens with zero attached hydrogens (tertiary/aromatic N) is 4. The normalized spacial score (nSPS) is 28.4. The van der Waals surface area contributed by atoms with Gasteiger partial charge >= 0.3 is 0 Å². The second-order valence-electron chi connectivity index (χ2n) is 8.25. The Labute approximate surface area is 188 Å². The van der Waals surface area contributed by atoms with Crippen LogP contribution >= 0.6 is 24.0 Å². The molecule has 0 aromatic heterocycles. The Morgan fingerprint density at radius 2 is 1.93 bits per heavy atom. The van der Waals surface area contributed by atoms with Crippen LogP contribution in [-0.4, -0.2) is 112 Å². The first-order chi connectivity index (χ1) is 13.2. The van der Waals surface area contributed by atoms with Crippen LogP contribution in [0.5, 0.6) is 0 Å². The third kappa shape index (κ3) is 7.27. The van der Waals surface area contributed by atoms with Crippen LogP contribution in [0, 0.1) is 0 Å². The zero-order valence-corrected chi connectivity index (χ0v) is 20.3. The fourth-order valence-corrected chi connectivity index (χ4v) is 4.17. The maximum Gasteiger partial charge on any atom is 0.193 e. The van der Waals surface area contributed by atoms with Gasteiger partial charge in [-0.05, 0) is 46.7 Å². The molecule has 0 aliphatic carbocycles. The smallest absolute Gasteiger partial charge is 0.193 e. The molecule has 3 fully saturated rings. The van der Waals surface area contributed by atoms with Crippen LogP contribution in [-0.2, 0) is 9.47 Å². The molecule has 3 rings (SSSR count). The van der Waals surface area contributed by atoms with Gasteiger partial charge in [-0.15, -0.1) is 24.0 Å². The Kier molecular flexibility index (Phi) is 10.8. The molecule has 1 N–H and O–H groups in total. The van der Waals surface area contributed by atoms with Gasteiger partial charge in [-0.1, -0.05) is 0 Å². The first-order valence-electron chi connectivity index (χ1n) is 10.8.